The van der Waals surface area contributed by atoms with Gasteiger partial charge in [0.25, 0.3) is 0 Å². The molecule has 8 heteroatoms. The lowest BCUT2D eigenvalue weighted by atomic mass is 9.92. The predicted molar refractivity (Wildman–Crippen MR) is 115 cm³/mol. The molecule has 0 spiro atoms. The van der Waals surface area contributed by atoms with Crippen molar-refractivity contribution < 1.29 is 28.0 Å². The lowest BCUT2D eigenvalue weighted by molar-refractivity contribution is -0.106. The van der Waals surface area contributed by atoms with E-state index in [0.717, 1.165) is 32.5 Å². The highest BCUT2D eigenvalue weighted by atomic mass is 31.2. The van der Waals surface area contributed by atoms with Gasteiger partial charge in [-0.25, -0.2) is 0 Å². The third-order valence-corrected chi connectivity index (χ3v) is 4.63. The van der Waals surface area contributed by atoms with Gasteiger partial charge < -0.3 is 28.0 Å². The minimum Gasteiger partial charge on any atom is -0.437 e. The molecule has 1 unspecified atom stereocenters. The van der Waals surface area contributed by atoms with Crippen LogP contribution in [-0.2, 0) is 28.0 Å². The van der Waals surface area contributed by atoms with Gasteiger partial charge in [0.2, 0.25) is 8.38 Å². The molecule has 0 aliphatic rings. The van der Waals surface area contributed by atoms with Gasteiger partial charge in [-0.15, -0.1) is 0 Å². The first kappa shape index (κ1) is 27.7. The first-order valence-electron chi connectivity index (χ1n) is 10.5. The van der Waals surface area contributed by atoms with Crippen LogP contribution in [0.25, 0.3) is 0 Å². The fourth-order valence-corrected chi connectivity index (χ4v) is 2.93. The van der Waals surface area contributed by atoms with Crippen molar-refractivity contribution in [3.63, 3.8) is 0 Å². The first-order valence-corrected chi connectivity index (χ1v) is 12.1. The van der Waals surface area contributed by atoms with Crippen LogP contribution in [0.15, 0.2) is 4.99 Å². The molecule has 0 aromatic carbocycles. The zero-order chi connectivity index (χ0) is 20.9. The molecule has 28 heavy (non-hydrogen) atoms. The highest BCUT2D eigenvalue weighted by molar-refractivity contribution is 7.46. The Morgan fingerprint density at radius 1 is 0.786 bits per heavy atom. The Kier molecular flexibility index (Phi) is 19.8. The highest BCUT2D eigenvalue weighted by Gasteiger charge is 2.32. The van der Waals surface area contributed by atoms with Crippen molar-refractivity contribution in [1.82, 2.24) is 0 Å². The Hall–Kier alpha value is -0.300. The second-order valence-corrected chi connectivity index (χ2v) is 7.98. The molecule has 0 aromatic rings. The van der Waals surface area contributed by atoms with Crippen LogP contribution < -0.4 is 0 Å². The molecule has 0 saturated carbocycles. The second-order valence-electron chi connectivity index (χ2n) is 6.63. The van der Waals surface area contributed by atoms with Gasteiger partial charge in [-0.1, -0.05) is 13.8 Å². The SMILES string of the molecule is CCCOCC(COCC)(COCCC)COCCCOP(C)OC=NCC. The maximum atomic E-state index is 5.96. The Bertz CT molecular complexity index is 350. The summed E-state index contributed by atoms with van der Waals surface area (Å²) in [7, 11) is -0.929. The van der Waals surface area contributed by atoms with Gasteiger partial charge >= 0.3 is 0 Å². The molecule has 0 radical (unpaired) electrons. The predicted octanol–water partition coefficient (Wildman–Crippen LogP) is 4.29. The van der Waals surface area contributed by atoms with E-state index < -0.39 is 8.38 Å². The Morgan fingerprint density at radius 3 is 1.89 bits per heavy atom. The van der Waals surface area contributed by atoms with E-state index in [-0.39, 0.29) is 5.41 Å². The van der Waals surface area contributed by atoms with Crippen molar-refractivity contribution in [3.8, 4) is 0 Å². The molecular weight excluding hydrogens is 381 g/mol. The molecule has 0 rings (SSSR count). The topological polar surface area (TPSA) is 67.7 Å². The fraction of sp³-hybridized carbons (Fsp3) is 0.950. The van der Waals surface area contributed by atoms with Crippen LogP contribution in [0, 0.1) is 5.41 Å². The van der Waals surface area contributed by atoms with Crippen molar-refractivity contribution >= 4 is 14.8 Å². The largest absolute Gasteiger partial charge is 0.437 e. The van der Waals surface area contributed by atoms with Crippen molar-refractivity contribution in [2.24, 2.45) is 10.4 Å². The third-order valence-electron chi connectivity index (χ3n) is 3.69. The van der Waals surface area contributed by atoms with Crippen molar-refractivity contribution in [2.45, 2.75) is 47.0 Å². The normalized spacial score (nSPS) is 13.3. The summed E-state index contributed by atoms with van der Waals surface area (Å²) in [5.41, 5.74) is -0.279. The van der Waals surface area contributed by atoms with E-state index >= 15 is 0 Å². The molecule has 0 heterocycles. The Balaban J connectivity index is 4.32. The minimum atomic E-state index is -0.929. The molecule has 0 aliphatic carbocycles. The number of nitrogens with zero attached hydrogens (tertiary/aromatic N) is 1. The summed E-state index contributed by atoms with van der Waals surface area (Å²) in [4.78, 5) is 4.01. The molecule has 1 atom stereocenters. The van der Waals surface area contributed by atoms with Crippen molar-refractivity contribution in [2.75, 3.05) is 72.7 Å². The van der Waals surface area contributed by atoms with E-state index in [1.165, 1.54) is 6.40 Å². The third kappa shape index (κ3) is 15.6. The summed E-state index contributed by atoms with van der Waals surface area (Å²) in [6.45, 7) is 16.4. The number of rotatable bonds is 21. The number of hydrogen-bond donors (Lipinski definition) is 0. The van der Waals surface area contributed by atoms with E-state index in [0.29, 0.717) is 52.8 Å². The maximum absolute atomic E-state index is 5.96. The molecule has 0 N–H and O–H groups in total. The zero-order valence-corrected chi connectivity index (χ0v) is 19.5. The van der Waals surface area contributed by atoms with Gasteiger partial charge in [0, 0.05) is 39.6 Å². The van der Waals surface area contributed by atoms with Gasteiger partial charge in [-0.05, 0) is 33.1 Å². The molecular formula is C20H42NO6P. The van der Waals surface area contributed by atoms with Crippen molar-refractivity contribution in [1.29, 1.82) is 0 Å². The van der Waals surface area contributed by atoms with Gasteiger partial charge in [-0.2, -0.15) is 0 Å². The molecule has 0 amide bonds. The molecule has 7 nitrogen and oxygen atoms in total. The zero-order valence-electron chi connectivity index (χ0n) is 18.6. The van der Waals surface area contributed by atoms with E-state index in [4.69, 9.17) is 28.0 Å². The summed E-state index contributed by atoms with van der Waals surface area (Å²) in [6.07, 6.45) is 4.25. The van der Waals surface area contributed by atoms with Crippen LogP contribution in [0.5, 0.6) is 0 Å². The standard InChI is InChI=1S/C20H42NO6P/c1-6-11-23-16-20(15-22-9-4,17-24-12-7-2)18-25-13-10-14-26-28(5)27-19-21-8-3/h19H,6-18H2,1-5H3. The van der Waals surface area contributed by atoms with Gasteiger partial charge in [0.05, 0.1) is 38.4 Å². The van der Waals surface area contributed by atoms with E-state index in [2.05, 4.69) is 18.8 Å². The smallest absolute Gasteiger partial charge is 0.228 e. The Labute approximate surface area is 173 Å². The summed E-state index contributed by atoms with van der Waals surface area (Å²) >= 11 is 0. The van der Waals surface area contributed by atoms with Crippen LogP contribution in [0.2, 0.25) is 0 Å². The highest BCUT2D eigenvalue weighted by Crippen LogP contribution is 2.32. The lowest BCUT2D eigenvalue weighted by Crippen LogP contribution is -2.42. The maximum Gasteiger partial charge on any atom is 0.228 e. The summed E-state index contributed by atoms with van der Waals surface area (Å²) in [5.74, 6) is 0. The van der Waals surface area contributed by atoms with Crippen LogP contribution in [0.1, 0.15) is 47.0 Å². The minimum absolute atomic E-state index is 0.279. The van der Waals surface area contributed by atoms with Gasteiger partial charge in [-0.3, -0.25) is 4.99 Å². The van der Waals surface area contributed by atoms with E-state index in [1.54, 1.807) is 0 Å². The second kappa shape index (κ2) is 20.0. The van der Waals surface area contributed by atoms with Crippen molar-refractivity contribution in [3.05, 3.63) is 0 Å². The average Bonchev–Trinajstić information content (AvgIpc) is 2.69. The molecule has 0 bridgehead atoms. The Morgan fingerprint density at radius 2 is 1.36 bits per heavy atom. The first-order chi connectivity index (χ1) is 13.6. The van der Waals surface area contributed by atoms with Gasteiger partial charge in [0.15, 0.2) is 6.40 Å². The lowest BCUT2D eigenvalue weighted by Gasteiger charge is -2.33. The average molecular weight is 424 g/mol. The van der Waals surface area contributed by atoms with Crippen LogP contribution >= 0.6 is 8.38 Å². The summed E-state index contributed by atoms with van der Waals surface area (Å²) in [6, 6.07) is 0. The van der Waals surface area contributed by atoms with Crippen LogP contribution in [-0.4, -0.2) is 79.1 Å². The summed E-state index contributed by atoms with van der Waals surface area (Å²) < 4.78 is 34.4. The molecule has 0 fully saturated rings. The number of hydrogen-bond acceptors (Lipinski definition) is 7. The van der Waals surface area contributed by atoms with Crippen LogP contribution in [0.3, 0.4) is 0 Å². The van der Waals surface area contributed by atoms with Crippen LogP contribution in [0.4, 0.5) is 0 Å². The van der Waals surface area contributed by atoms with E-state index in [9.17, 15) is 0 Å². The number of ether oxygens (including phenoxy) is 4. The van der Waals surface area contributed by atoms with E-state index in [1.807, 2.05) is 20.5 Å². The number of aliphatic imine (C=N–C) groups is 1. The monoisotopic (exact) mass is 423 g/mol. The molecule has 0 aliphatic heterocycles. The van der Waals surface area contributed by atoms with Gasteiger partial charge in [0.1, 0.15) is 0 Å². The summed E-state index contributed by atoms with van der Waals surface area (Å²) in [5, 5.41) is 0. The quantitative estimate of drug-likeness (QED) is 0.119. The molecule has 0 aromatic heterocycles. The molecule has 168 valence electrons. The molecule has 0 saturated heterocycles. The fourth-order valence-electron chi connectivity index (χ4n) is 2.28.